The highest BCUT2D eigenvalue weighted by molar-refractivity contribution is 5.98. The number of carbonyl (C=O) groups excluding carboxylic acids is 2. The first-order valence-corrected chi connectivity index (χ1v) is 6.68. The molecule has 3 rings (SSSR count). The Hall–Kier alpha value is -2.77. The Morgan fingerprint density at radius 1 is 1.45 bits per heavy atom. The molecule has 2 aromatic heterocycles. The third-order valence-electron chi connectivity index (χ3n) is 3.39. The Bertz CT molecular complexity index is 771. The molecule has 1 amide bonds. The first-order valence-electron chi connectivity index (χ1n) is 6.68. The van der Waals surface area contributed by atoms with E-state index in [1.165, 1.54) is 29.0 Å². The number of rotatable bonds is 2. The van der Waals surface area contributed by atoms with Crippen LogP contribution in [0.3, 0.4) is 0 Å². The van der Waals surface area contributed by atoms with E-state index in [2.05, 4.69) is 9.97 Å². The lowest BCUT2D eigenvalue weighted by molar-refractivity contribution is 0.0515. The Labute approximate surface area is 125 Å². The summed E-state index contributed by atoms with van der Waals surface area (Å²) in [5.74, 6) is -1.63. The van der Waals surface area contributed by atoms with E-state index in [9.17, 15) is 14.0 Å². The number of imidazole rings is 1. The molecule has 3 heterocycles. The predicted octanol–water partition coefficient (Wildman–Crippen LogP) is 1.17. The van der Waals surface area contributed by atoms with Crippen LogP contribution in [-0.2, 0) is 11.3 Å². The van der Waals surface area contributed by atoms with Crippen molar-refractivity contribution in [2.24, 2.45) is 0 Å². The van der Waals surface area contributed by atoms with E-state index in [-0.39, 0.29) is 30.2 Å². The lowest BCUT2D eigenvalue weighted by Crippen LogP contribution is -2.26. The maximum absolute atomic E-state index is 14.0. The second-order valence-electron chi connectivity index (χ2n) is 4.78. The zero-order chi connectivity index (χ0) is 15.9. The molecule has 0 bridgehead atoms. The second-order valence-corrected chi connectivity index (χ2v) is 4.78. The number of nitrogens with zero attached hydrogens (tertiary/aromatic N) is 4. The van der Waals surface area contributed by atoms with E-state index in [1.54, 1.807) is 6.92 Å². The Balaban J connectivity index is 2.22. The average Bonchev–Trinajstić information content (AvgIpc) is 2.85. The molecule has 0 spiro atoms. The van der Waals surface area contributed by atoms with Gasteiger partial charge < -0.3 is 9.64 Å². The van der Waals surface area contributed by atoms with Gasteiger partial charge in [0.15, 0.2) is 11.5 Å². The van der Waals surface area contributed by atoms with Crippen LogP contribution in [0.5, 0.6) is 0 Å². The molecule has 0 fully saturated rings. The van der Waals surface area contributed by atoms with Gasteiger partial charge in [-0.2, -0.15) is 0 Å². The topological polar surface area (TPSA) is 77.3 Å². The van der Waals surface area contributed by atoms with Gasteiger partial charge in [-0.25, -0.2) is 19.2 Å². The van der Waals surface area contributed by atoms with E-state index >= 15 is 0 Å². The number of aromatic nitrogens is 3. The molecule has 8 heteroatoms. The molecule has 0 saturated carbocycles. The Morgan fingerprint density at radius 3 is 2.95 bits per heavy atom. The van der Waals surface area contributed by atoms with Crippen molar-refractivity contribution in [2.75, 3.05) is 13.7 Å². The average molecular weight is 303 g/mol. The van der Waals surface area contributed by atoms with Crippen molar-refractivity contribution in [3.63, 3.8) is 0 Å². The third-order valence-corrected chi connectivity index (χ3v) is 3.39. The fourth-order valence-corrected chi connectivity index (χ4v) is 2.37. The number of esters is 1. The van der Waals surface area contributed by atoms with Crippen LogP contribution in [-0.4, -0.2) is 45.0 Å². The van der Waals surface area contributed by atoms with E-state index in [1.807, 2.05) is 0 Å². The molecule has 0 atom stereocenters. The van der Waals surface area contributed by atoms with Gasteiger partial charge in [0, 0.05) is 13.2 Å². The summed E-state index contributed by atoms with van der Waals surface area (Å²) in [7, 11) is 1.52. The molecule has 2 aromatic rings. The first kappa shape index (κ1) is 14.2. The quantitative estimate of drug-likeness (QED) is 0.778. The maximum atomic E-state index is 14.0. The number of halogens is 1. The van der Waals surface area contributed by atoms with Crippen molar-refractivity contribution in [2.45, 2.75) is 13.5 Å². The van der Waals surface area contributed by atoms with Crippen molar-refractivity contribution >= 4 is 11.9 Å². The van der Waals surface area contributed by atoms with Crippen LogP contribution in [0, 0.1) is 5.82 Å². The van der Waals surface area contributed by atoms with Crippen LogP contribution in [0.25, 0.3) is 5.82 Å². The van der Waals surface area contributed by atoms with Crippen molar-refractivity contribution in [3.8, 4) is 5.82 Å². The van der Waals surface area contributed by atoms with Gasteiger partial charge in [0.25, 0.3) is 5.91 Å². The zero-order valence-corrected chi connectivity index (χ0v) is 12.0. The lowest BCUT2D eigenvalue weighted by atomic mass is 10.2. The number of carbonyl (C=O) groups is 2. The molecule has 1 aliphatic rings. The maximum Gasteiger partial charge on any atom is 0.358 e. The first-order chi connectivity index (χ1) is 10.5. The molecular weight excluding hydrogens is 290 g/mol. The number of amides is 1. The number of fused-ring (bicyclic) bond motifs is 3. The van der Waals surface area contributed by atoms with Gasteiger partial charge in [0.2, 0.25) is 0 Å². The third kappa shape index (κ3) is 2.03. The smallest absolute Gasteiger partial charge is 0.358 e. The zero-order valence-electron chi connectivity index (χ0n) is 12.0. The van der Waals surface area contributed by atoms with Crippen molar-refractivity contribution < 1.29 is 18.7 Å². The Morgan fingerprint density at radius 2 is 2.23 bits per heavy atom. The Kier molecular flexibility index (Phi) is 3.36. The minimum atomic E-state index is -0.666. The summed E-state index contributed by atoms with van der Waals surface area (Å²) in [6, 6.07) is 1.12. The van der Waals surface area contributed by atoms with Gasteiger partial charge in [0.1, 0.15) is 17.7 Å². The van der Waals surface area contributed by atoms with Crippen molar-refractivity contribution in [1.29, 1.82) is 0 Å². The molecule has 114 valence electrons. The van der Waals surface area contributed by atoms with Gasteiger partial charge in [-0.1, -0.05) is 0 Å². The van der Waals surface area contributed by atoms with Crippen molar-refractivity contribution in [1.82, 2.24) is 19.4 Å². The van der Waals surface area contributed by atoms with Gasteiger partial charge in [0.05, 0.1) is 18.8 Å². The van der Waals surface area contributed by atoms with E-state index in [4.69, 9.17) is 4.74 Å². The summed E-state index contributed by atoms with van der Waals surface area (Å²) < 4.78 is 20.4. The highest BCUT2D eigenvalue weighted by atomic mass is 18.2. The van der Waals surface area contributed by atoms with Crippen LogP contribution in [0.15, 0.2) is 18.6 Å². The molecule has 0 aromatic carbocycles. The summed E-state index contributed by atoms with van der Waals surface area (Å²) in [5, 5.41) is 0. The minimum absolute atomic E-state index is 0.0976. The van der Waals surface area contributed by atoms with E-state index < -0.39 is 17.7 Å². The van der Waals surface area contributed by atoms with Crippen molar-refractivity contribution in [3.05, 3.63) is 41.4 Å². The summed E-state index contributed by atoms with van der Waals surface area (Å²) >= 11 is 0. The lowest BCUT2D eigenvalue weighted by Gasteiger charge is -2.14. The van der Waals surface area contributed by atoms with Gasteiger partial charge in [-0.05, 0) is 13.0 Å². The van der Waals surface area contributed by atoms with Crippen LogP contribution >= 0.6 is 0 Å². The fourth-order valence-electron chi connectivity index (χ4n) is 2.37. The molecule has 0 saturated heterocycles. The van der Waals surface area contributed by atoms with Crippen LogP contribution in [0.1, 0.15) is 33.5 Å². The summed E-state index contributed by atoms with van der Waals surface area (Å²) in [6.45, 7) is 2.00. The fraction of sp³-hybridized carbons (Fsp3) is 0.286. The summed E-state index contributed by atoms with van der Waals surface area (Å²) in [4.78, 5) is 33.7. The van der Waals surface area contributed by atoms with E-state index in [0.717, 1.165) is 6.07 Å². The molecule has 7 nitrogen and oxygen atoms in total. The molecule has 1 aliphatic heterocycles. The standard InChI is InChI=1S/C14H13FN4O3/c1-3-22-14(21)11-9-6-18(2)13(20)10-8(15)4-5-16-12(10)19(9)7-17-11/h4-5,7H,3,6H2,1-2H3/i15-1. The molecule has 0 unspecified atom stereocenters. The van der Waals surface area contributed by atoms with Crippen LogP contribution < -0.4 is 0 Å². The van der Waals surface area contributed by atoms with Gasteiger partial charge in [-0.15, -0.1) is 0 Å². The normalized spacial score (nSPS) is 13.4. The number of hydrogen-bond donors (Lipinski definition) is 0. The number of pyridine rings is 1. The number of ether oxygens (including phenoxy) is 1. The SMILES string of the molecule is CCOC(=O)c1ncn2c1CN(C)C(=O)c1c([18F])ccnc1-2. The summed E-state index contributed by atoms with van der Waals surface area (Å²) in [6.07, 6.45) is 2.61. The van der Waals surface area contributed by atoms with Crippen LogP contribution in [0.2, 0.25) is 0 Å². The van der Waals surface area contributed by atoms with E-state index in [0.29, 0.717) is 5.69 Å². The highest BCUT2D eigenvalue weighted by Crippen LogP contribution is 2.25. The minimum Gasteiger partial charge on any atom is -0.461 e. The van der Waals surface area contributed by atoms with Crippen LogP contribution in [0.4, 0.5) is 4.39 Å². The predicted molar refractivity (Wildman–Crippen MR) is 73.1 cm³/mol. The highest BCUT2D eigenvalue weighted by Gasteiger charge is 2.31. The molecule has 0 aliphatic carbocycles. The largest absolute Gasteiger partial charge is 0.461 e. The second kappa shape index (κ2) is 5.21. The summed E-state index contributed by atoms with van der Waals surface area (Å²) in [5.41, 5.74) is 0.392. The number of hydrogen-bond acceptors (Lipinski definition) is 5. The van der Waals surface area contributed by atoms with Gasteiger partial charge in [-0.3, -0.25) is 9.36 Å². The molecular formula is C14H13FN4O3. The molecule has 22 heavy (non-hydrogen) atoms. The van der Waals surface area contributed by atoms with Gasteiger partial charge >= 0.3 is 5.97 Å². The monoisotopic (exact) mass is 303 g/mol. The molecule has 0 radical (unpaired) electrons. The molecule has 0 N–H and O–H groups in total.